The van der Waals surface area contributed by atoms with E-state index >= 15 is 0 Å². The Kier molecular flexibility index (Phi) is 4.56. The Morgan fingerprint density at radius 2 is 1.59 bits per heavy atom. The summed E-state index contributed by atoms with van der Waals surface area (Å²) in [7, 11) is 0. The van der Waals surface area contributed by atoms with Gasteiger partial charge in [0.05, 0.1) is 31.1 Å². The van der Waals surface area contributed by atoms with E-state index in [0.29, 0.717) is 0 Å². The highest BCUT2D eigenvalue weighted by atomic mass is 35.5. The molecule has 0 radical (unpaired) electrons. The summed E-state index contributed by atoms with van der Waals surface area (Å²) in [5, 5.41) is 10.9. The quantitative estimate of drug-likeness (QED) is 0.357. The van der Waals surface area contributed by atoms with E-state index in [1.807, 2.05) is 0 Å². The van der Waals surface area contributed by atoms with Crippen LogP contribution >= 0.6 is 34.8 Å². The second-order valence-electron chi connectivity index (χ2n) is 4.20. The molecule has 0 bridgehead atoms. The van der Waals surface area contributed by atoms with E-state index in [9.17, 15) is 23.3 Å². The SMILES string of the molecule is O=[N+]([O-])c1cccc(C(F)(F)F)c1-c1cc(Cl)c(Cl)cc1Cl. The molecule has 0 amide bonds. The first-order chi connectivity index (χ1) is 10.1. The predicted octanol–water partition coefficient (Wildman–Crippen LogP) is 6.24. The number of nitro benzene ring substituents is 1. The summed E-state index contributed by atoms with van der Waals surface area (Å²) in [5.74, 6) is 0. The Bertz CT molecular complexity index is 763. The maximum absolute atomic E-state index is 13.2. The number of hydrogen-bond donors (Lipinski definition) is 0. The van der Waals surface area contributed by atoms with Gasteiger partial charge in [-0.3, -0.25) is 10.1 Å². The zero-order chi connectivity index (χ0) is 16.7. The fourth-order valence-electron chi connectivity index (χ4n) is 1.93. The van der Waals surface area contributed by atoms with Gasteiger partial charge in [0.1, 0.15) is 0 Å². The topological polar surface area (TPSA) is 43.1 Å². The van der Waals surface area contributed by atoms with Crippen LogP contribution in [0.3, 0.4) is 0 Å². The second-order valence-corrected chi connectivity index (χ2v) is 5.42. The monoisotopic (exact) mass is 369 g/mol. The van der Waals surface area contributed by atoms with Crippen LogP contribution in [0.4, 0.5) is 18.9 Å². The molecule has 0 N–H and O–H groups in total. The Labute approximate surface area is 137 Å². The van der Waals surface area contributed by atoms with Crippen LogP contribution in [0.1, 0.15) is 5.56 Å². The van der Waals surface area contributed by atoms with E-state index in [0.717, 1.165) is 30.3 Å². The van der Waals surface area contributed by atoms with Crippen LogP contribution in [-0.2, 0) is 6.18 Å². The molecule has 0 atom stereocenters. The second kappa shape index (κ2) is 5.95. The van der Waals surface area contributed by atoms with Gasteiger partial charge in [0.15, 0.2) is 0 Å². The molecule has 116 valence electrons. The van der Waals surface area contributed by atoms with Gasteiger partial charge in [-0.2, -0.15) is 13.2 Å². The van der Waals surface area contributed by atoms with Crippen molar-refractivity contribution in [2.75, 3.05) is 0 Å². The third-order valence-electron chi connectivity index (χ3n) is 2.82. The zero-order valence-corrected chi connectivity index (χ0v) is 12.7. The number of nitrogens with zero attached hydrogens (tertiary/aromatic N) is 1. The van der Waals surface area contributed by atoms with Crippen molar-refractivity contribution < 1.29 is 18.1 Å². The fourth-order valence-corrected chi connectivity index (χ4v) is 2.57. The number of nitro groups is 1. The van der Waals surface area contributed by atoms with Crippen LogP contribution in [0.15, 0.2) is 30.3 Å². The Morgan fingerprint density at radius 1 is 1.00 bits per heavy atom. The largest absolute Gasteiger partial charge is 0.417 e. The number of rotatable bonds is 2. The molecule has 0 aromatic heterocycles. The Hall–Kier alpha value is -1.50. The van der Waals surface area contributed by atoms with E-state index in [4.69, 9.17) is 34.8 Å². The lowest BCUT2D eigenvalue weighted by molar-refractivity contribution is -0.384. The fraction of sp³-hybridized carbons (Fsp3) is 0.0769. The number of hydrogen-bond acceptors (Lipinski definition) is 2. The first kappa shape index (κ1) is 16.9. The van der Waals surface area contributed by atoms with Crippen molar-refractivity contribution in [2.24, 2.45) is 0 Å². The van der Waals surface area contributed by atoms with E-state index < -0.39 is 27.9 Å². The van der Waals surface area contributed by atoms with Crippen molar-refractivity contribution in [1.82, 2.24) is 0 Å². The van der Waals surface area contributed by atoms with Gasteiger partial charge in [-0.1, -0.05) is 40.9 Å². The highest BCUT2D eigenvalue weighted by molar-refractivity contribution is 6.44. The highest BCUT2D eigenvalue weighted by Crippen LogP contribution is 2.45. The lowest BCUT2D eigenvalue weighted by Crippen LogP contribution is -2.09. The first-order valence-electron chi connectivity index (χ1n) is 5.62. The van der Waals surface area contributed by atoms with Crippen molar-refractivity contribution in [1.29, 1.82) is 0 Å². The molecule has 2 aromatic carbocycles. The van der Waals surface area contributed by atoms with E-state index in [1.165, 1.54) is 0 Å². The van der Waals surface area contributed by atoms with Gasteiger partial charge in [-0.05, 0) is 18.2 Å². The van der Waals surface area contributed by atoms with Gasteiger partial charge >= 0.3 is 6.18 Å². The van der Waals surface area contributed by atoms with Gasteiger partial charge < -0.3 is 0 Å². The molecular weight excluding hydrogens is 366 g/mol. The molecule has 0 fully saturated rings. The van der Waals surface area contributed by atoms with Crippen molar-refractivity contribution in [3.8, 4) is 11.1 Å². The van der Waals surface area contributed by atoms with Crippen molar-refractivity contribution in [2.45, 2.75) is 6.18 Å². The van der Waals surface area contributed by atoms with Gasteiger partial charge in [0.25, 0.3) is 5.69 Å². The summed E-state index contributed by atoms with van der Waals surface area (Å²) < 4.78 is 39.5. The minimum absolute atomic E-state index is 0.0301. The van der Waals surface area contributed by atoms with Gasteiger partial charge in [0, 0.05) is 11.6 Å². The van der Waals surface area contributed by atoms with Gasteiger partial charge in [-0.25, -0.2) is 0 Å². The van der Waals surface area contributed by atoms with Crippen molar-refractivity contribution >= 4 is 40.5 Å². The minimum Gasteiger partial charge on any atom is -0.258 e. The molecule has 0 saturated carbocycles. The normalized spacial score (nSPS) is 11.5. The number of benzene rings is 2. The Balaban J connectivity index is 2.89. The molecule has 3 nitrogen and oxygen atoms in total. The van der Waals surface area contributed by atoms with Crippen LogP contribution in [0, 0.1) is 10.1 Å². The maximum Gasteiger partial charge on any atom is 0.417 e. The molecule has 0 heterocycles. The minimum atomic E-state index is -4.79. The summed E-state index contributed by atoms with van der Waals surface area (Å²) in [6.07, 6.45) is -4.79. The van der Waals surface area contributed by atoms with Crippen LogP contribution in [0.25, 0.3) is 11.1 Å². The van der Waals surface area contributed by atoms with E-state index in [-0.39, 0.29) is 20.6 Å². The maximum atomic E-state index is 13.2. The third-order valence-corrected chi connectivity index (χ3v) is 3.86. The summed E-state index contributed by atoms with van der Waals surface area (Å²) in [6.45, 7) is 0. The van der Waals surface area contributed by atoms with Crippen molar-refractivity contribution in [3.63, 3.8) is 0 Å². The highest BCUT2D eigenvalue weighted by Gasteiger charge is 2.37. The molecule has 0 aliphatic carbocycles. The van der Waals surface area contributed by atoms with E-state index in [1.54, 1.807) is 0 Å². The summed E-state index contributed by atoms with van der Waals surface area (Å²) in [6, 6.07) is 4.86. The van der Waals surface area contributed by atoms with Crippen LogP contribution < -0.4 is 0 Å². The van der Waals surface area contributed by atoms with Crippen molar-refractivity contribution in [3.05, 3.63) is 61.1 Å². The average molecular weight is 371 g/mol. The molecule has 2 rings (SSSR count). The molecule has 9 heteroatoms. The smallest absolute Gasteiger partial charge is 0.258 e. The molecule has 0 saturated heterocycles. The van der Waals surface area contributed by atoms with Gasteiger partial charge in [-0.15, -0.1) is 0 Å². The zero-order valence-electron chi connectivity index (χ0n) is 10.4. The molecule has 0 aliphatic rings. The molecule has 0 aliphatic heterocycles. The predicted molar refractivity (Wildman–Crippen MR) is 78.6 cm³/mol. The van der Waals surface area contributed by atoms with Crippen LogP contribution in [-0.4, -0.2) is 4.92 Å². The number of halogens is 6. The summed E-state index contributed by atoms with van der Waals surface area (Å²) in [5.41, 5.74) is -2.77. The molecule has 0 spiro atoms. The Morgan fingerprint density at radius 3 is 2.14 bits per heavy atom. The lowest BCUT2D eigenvalue weighted by atomic mass is 9.97. The average Bonchev–Trinajstić information content (AvgIpc) is 2.41. The van der Waals surface area contributed by atoms with Gasteiger partial charge in [0.2, 0.25) is 0 Å². The van der Waals surface area contributed by atoms with E-state index in [2.05, 4.69) is 0 Å². The van der Waals surface area contributed by atoms with Crippen LogP contribution in [0.2, 0.25) is 15.1 Å². The number of alkyl halides is 3. The standard InChI is InChI=1S/C13H5Cl3F3NO2/c14-8-5-10(16)9(15)4-6(8)12-7(13(17,18)19)2-1-3-11(12)20(21)22/h1-5H. The molecule has 0 unspecified atom stereocenters. The summed E-state index contributed by atoms with van der Waals surface area (Å²) in [4.78, 5) is 10.2. The molecular formula is C13H5Cl3F3NO2. The third kappa shape index (κ3) is 3.14. The first-order valence-corrected chi connectivity index (χ1v) is 6.76. The lowest BCUT2D eigenvalue weighted by Gasteiger charge is -2.14. The van der Waals surface area contributed by atoms with Crippen LogP contribution in [0.5, 0.6) is 0 Å². The summed E-state index contributed by atoms with van der Waals surface area (Å²) >= 11 is 17.4. The molecule has 22 heavy (non-hydrogen) atoms. The molecule has 2 aromatic rings.